The number of hydrogen-bond donors (Lipinski definition) is 0. The quantitative estimate of drug-likeness (QED) is 0.358. The zero-order chi connectivity index (χ0) is 26.8. The molecule has 0 bridgehead atoms. The summed E-state index contributed by atoms with van der Waals surface area (Å²) in [6.07, 6.45) is -4.13. The topological polar surface area (TPSA) is 150 Å². The van der Waals surface area contributed by atoms with Gasteiger partial charge in [0, 0.05) is 27.7 Å². The second kappa shape index (κ2) is 11.0. The van der Waals surface area contributed by atoms with E-state index in [1.54, 1.807) is 6.92 Å². The molecule has 0 aromatic rings. The predicted octanol–water partition coefficient (Wildman–Crippen LogP) is 1.33. The van der Waals surface area contributed by atoms with Crippen LogP contribution >= 0.6 is 0 Å². The van der Waals surface area contributed by atoms with Crippen LogP contribution in [-0.2, 0) is 57.1 Å². The molecule has 1 saturated carbocycles. The number of rotatable bonds is 7. The van der Waals surface area contributed by atoms with E-state index in [-0.39, 0.29) is 12.5 Å². The summed E-state index contributed by atoms with van der Waals surface area (Å²) in [5.74, 6) is -4.03. The molecule has 0 N–H and O–H groups in total. The average Bonchev–Trinajstić information content (AvgIpc) is 3.11. The van der Waals surface area contributed by atoms with Crippen molar-refractivity contribution in [1.29, 1.82) is 0 Å². The SMILES string of the molecule is CC(=O)OC[C@H]1O[C@@H](O[C@@]23CC[C@H](C)[C@@H]2C(=O)OC=C3C)[C@H](OC(C)=O)[C@@H](OC(C)=O)[C@@H]1OC(C)=O. The number of fused-ring (bicyclic) bond motifs is 1. The van der Waals surface area contributed by atoms with Gasteiger partial charge in [-0.2, -0.15) is 0 Å². The minimum Gasteiger partial charge on any atom is -0.463 e. The minimum atomic E-state index is -1.38. The van der Waals surface area contributed by atoms with E-state index in [1.807, 2.05) is 6.92 Å². The highest BCUT2D eigenvalue weighted by atomic mass is 16.7. The molecule has 12 heteroatoms. The standard InChI is InChI=1S/C24H32O12/c1-11-7-8-24(12(2)9-31-22(29)18(11)24)36-23-21(34-16(6)28)20(33-15(5)27)19(32-14(4)26)17(35-23)10-30-13(3)25/h9,11,17-21,23H,7-8,10H2,1-6H3/t11-,17+,18+,19+,20-,21+,23-,24+/m0/s1. The summed E-state index contributed by atoms with van der Waals surface area (Å²) in [7, 11) is 0. The lowest BCUT2D eigenvalue weighted by Gasteiger charge is -2.48. The summed E-state index contributed by atoms with van der Waals surface area (Å²) >= 11 is 0. The lowest BCUT2D eigenvalue weighted by Crippen LogP contribution is -2.65. The number of carbonyl (C=O) groups excluding carboxylic acids is 5. The molecule has 0 aromatic carbocycles. The normalized spacial score (nSPS) is 35.6. The summed E-state index contributed by atoms with van der Waals surface area (Å²) < 4.78 is 39.2. The highest BCUT2D eigenvalue weighted by Gasteiger charge is 2.60. The van der Waals surface area contributed by atoms with Gasteiger partial charge in [-0.3, -0.25) is 24.0 Å². The van der Waals surface area contributed by atoms with Gasteiger partial charge in [-0.15, -0.1) is 0 Å². The Balaban J connectivity index is 2.06. The van der Waals surface area contributed by atoms with Gasteiger partial charge in [-0.25, -0.2) is 0 Å². The zero-order valence-electron chi connectivity index (χ0n) is 21.1. The van der Waals surface area contributed by atoms with E-state index >= 15 is 0 Å². The van der Waals surface area contributed by atoms with Gasteiger partial charge in [0.05, 0.1) is 12.2 Å². The van der Waals surface area contributed by atoms with Crippen molar-refractivity contribution in [3.05, 3.63) is 11.8 Å². The van der Waals surface area contributed by atoms with Gasteiger partial charge >= 0.3 is 29.8 Å². The second-order valence-electron chi connectivity index (χ2n) is 9.31. The third-order valence-corrected chi connectivity index (χ3v) is 6.59. The molecule has 2 aliphatic heterocycles. The molecule has 3 aliphatic rings. The van der Waals surface area contributed by atoms with Crippen LogP contribution in [0.3, 0.4) is 0 Å². The maximum Gasteiger partial charge on any atom is 0.317 e. The maximum atomic E-state index is 12.7. The van der Waals surface area contributed by atoms with Crippen molar-refractivity contribution in [1.82, 2.24) is 0 Å². The molecule has 8 atom stereocenters. The fourth-order valence-electron chi connectivity index (χ4n) is 5.12. The van der Waals surface area contributed by atoms with Crippen molar-refractivity contribution in [2.24, 2.45) is 11.8 Å². The smallest absolute Gasteiger partial charge is 0.317 e. The van der Waals surface area contributed by atoms with Crippen LogP contribution in [0.15, 0.2) is 11.8 Å². The van der Waals surface area contributed by atoms with E-state index in [1.165, 1.54) is 13.2 Å². The van der Waals surface area contributed by atoms with Crippen molar-refractivity contribution in [2.45, 2.75) is 90.7 Å². The Kier molecular flexibility index (Phi) is 8.40. The lowest BCUT2D eigenvalue weighted by atomic mass is 9.80. The van der Waals surface area contributed by atoms with Crippen molar-refractivity contribution in [2.75, 3.05) is 6.61 Å². The number of carbonyl (C=O) groups is 5. The highest BCUT2D eigenvalue weighted by molar-refractivity contribution is 5.78. The first-order valence-electron chi connectivity index (χ1n) is 11.7. The Hall–Kier alpha value is -2.99. The van der Waals surface area contributed by atoms with Crippen LogP contribution in [0.4, 0.5) is 0 Å². The van der Waals surface area contributed by atoms with E-state index in [9.17, 15) is 24.0 Å². The van der Waals surface area contributed by atoms with Crippen LogP contribution in [-0.4, -0.2) is 72.8 Å². The molecule has 1 aliphatic carbocycles. The Morgan fingerprint density at radius 1 is 0.944 bits per heavy atom. The van der Waals surface area contributed by atoms with Crippen LogP contribution in [0.5, 0.6) is 0 Å². The molecule has 0 unspecified atom stereocenters. The van der Waals surface area contributed by atoms with Gasteiger partial charge in [0.15, 0.2) is 24.6 Å². The summed E-state index contributed by atoms with van der Waals surface area (Å²) in [5, 5.41) is 0. The van der Waals surface area contributed by atoms with Gasteiger partial charge in [0.25, 0.3) is 0 Å². The Morgan fingerprint density at radius 2 is 1.53 bits per heavy atom. The van der Waals surface area contributed by atoms with Crippen LogP contribution in [0.2, 0.25) is 0 Å². The van der Waals surface area contributed by atoms with Crippen LogP contribution in [0.25, 0.3) is 0 Å². The van der Waals surface area contributed by atoms with Gasteiger partial charge in [-0.05, 0) is 31.3 Å². The largest absolute Gasteiger partial charge is 0.463 e. The van der Waals surface area contributed by atoms with Gasteiger partial charge < -0.3 is 33.2 Å². The Bertz CT molecular complexity index is 941. The predicted molar refractivity (Wildman–Crippen MR) is 118 cm³/mol. The molecule has 1 saturated heterocycles. The number of hydrogen-bond acceptors (Lipinski definition) is 12. The van der Waals surface area contributed by atoms with E-state index < -0.39 is 72.1 Å². The van der Waals surface area contributed by atoms with E-state index in [0.717, 1.165) is 20.8 Å². The van der Waals surface area contributed by atoms with Crippen molar-refractivity contribution >= 4 is 29.8 Å². The van der Waals surface area contributed by atoms with Gasteiger partial charge in [0.1, 0.15) is 18.3 Å². The van der Waals surface area contributed by atoms with Gasteiger partial charge in [-0.1, -0.05) is 6.92 Å². The molecular weight excluding hydrogens is 480 g/mol. The maximum absolute atomic E-state index is 12.7. The summed E-state index contributed by atoms with van der Waals surface area (Å²) in [5.41, 5.74) is -0.511. The molecule has 0 spiro atoms. The average molecular weight is 513 g/mol. The number of cyclic esters (lactones) is 1. The highest BCUT2D eigenvalue weighted by Crippen LogP contribution is 2.51. The van der Waals surface area contributed by atoms with Crippen molar-refractivity contribution in [3.63, 3.8) is 0 Å². The molecule has 36 heavy (non-hydrogen) atoms. The van der Waals surface area contributed by atoms with Crippen LogP contribution < -0.4 is 0 Å². The molecule has 2 heterocycles. The molecule has 2 fully saturated rings. The number of ether oxygens (including phenoxy) is 7. The first kappa shape index (κ1) is 27.6. The molecule has 12 nitrogen and oxygen atoms in total. The Labute approximate surface area is 208 Å². The Morgan fingerprint density at radius 3 is 2.11 bits per heavy atom. The first-order chi connectivity index (χ1) is 16.9. The van der Waals surface area contributed by atoms with E-state index in [2.05, 4.69) is 0 Å². The molecule has 0 amide bonds. The minimum absolute atomic E-state index is 0.0770. The molecule has 0 radical (unpaired) electrons. The summed E-state index contributed by atoms with van der Waals surface area (Å²) in [4.78, 5) is 60.2. The van der Waals surface area contributed by atoms with Crippen LogP contribution in [0.1, 0.15) is 54.4 Å². The third kappa shape index (κ3) is 5.70. The monoisotopic (exact) mass is 512 g/mol. The number of esters is 5. The van der Waals surface area contributed by atoms with Gasteiger partial charge in [0.2, 0.25) is 0 Å². The molecular formula is C24H32O12. The van der Waals surface area contributed by atoms with Crippen molar-refractivity contribution in [3.8, 4) is 0 Å². The van der Waals surface area contributed by atoms with Crippen molar-refractivity contribution < 1.29 is 57.1 Å². The first-order valence-corrected chi connectivity index (χ1v) is 11.7. The fraction of sp³-hybridized carbons (Fsp3) is 0.708. The second-order valence-corrected chi connectivity index (χ2v) is 9.31. The molecule has 3 rings (SSSR count). The lowest BCUT2D eigenvalue weighted by molar-refractivity contribution is -0.330. The fourth-order valence-corrected chi connectivity index (χ4v) is 5.12. The van der Waals surface area contributed by atoms with Crippen LogP contribution in [0, 0.1) is 11.8 Å². The van der Waals surface area contributed by atoms with E-state index in [0.29, 0.717) is 18.4 Å². The molecule has 0 aromatic heterocycles. The van der Waals surface area contributed by atoms with E-state index in [4.69, 9.17) is 33.2 Å². The molecule has 200 valence electrons. The zero-order valence-corrected chi connectivity index (χ0v) is 21.1. The third-order valence-electron chi connectivity index (χ3n) is 6.59. The summed E-state index contributed by atoms with van der Waals surface area (Å²) in [6.45, 7) is 7.90. The summed E-state index contributed by atoms with van der Waals surface area (Å²) in [6, 6.07) is 0.